The van der Waals surface area contributed by atoms with Gasteiger partial charge in [-0.3, -0.25) is 0 Å². The van der Waals surface area contributed by atoms with Gasteiger partial charge in [0.15, 0.2) is 0 Å². The van der Waals surface area contributed by atoms with Crippen LogP contribution in [0.15, 0.2) is 76.2 Å². The minimum absolute atomic E-state index is 0.179. The Kier molecular flexibility index (Phi) is 3.24. The summed E-state index contributed by atoms with van der Waals surface area (Å²) in [6.45, 7) is 2.10. The van der Waals surface area contributed by atoms with Crippen LogP contribution in [-0.4, -0.2) is 10.2 Å². The van der Waals surface area contributed by atoms with E-state index in [1.807, 2.05) is 24.3 Å². The van der Waals surface area contributed by atoms with Crippen LogP contribution < -0.4 is 0 Å². The van der Waals surface area contributed by atoms with Crippen LogP contribution in [0.4, 0.5) is 0 Å². The van der Waals surface area contributed by atoms with Crippen molar-refractivity contribution >= 4 is 22.5 Å². The number of phenolic OH excluding ortho intramolecular Hbond substituents is 1. The van der Waals surface area contributed by atoms with Gasteiger partial charge in [-0.15, -0.1) is 0 Å². The lowest BCUT2D eigenvalue weighted by atomic mass is 9.86. The molecule has 0 radical (unpaired) electrons. The van der Waals surface area contributed by atoms with Gasteiger partial charge in [0.25, 0.3) is 0 Å². The summed E-state index contributed by atoms with van der Waals surface area (Å²) in [6, 6.07) is 9.40. The molecule has 2 nitrogen and oxygen atoms in total. The van der Waals surface area contributed by atoms with Gasteiger partial charge in [-0.1, -0.05) is 19.1 Å². The number of allylic oxidation sites excluding steroid dienone is 7. The predicted octanol–water partition coefficient (Wildman–Crippen LogP) is 5.32. The largest absolute Gasteiger partial charge is 0.508 e. The first kappa shape index (κ1) is 14.1. The smallest absolute Gasteiger partial charge is 0.115 e. The van der Waals surface area contributed by atoms with E-state index in [9.17, 15) is 10.2 Å². The van der Waals surface area contributed by atoms with Crippen LogP contribution in [-0.2, 0) is 0 Å². The second-order valence-electron chi connectivity index (χ2n) is 5.89. The van der Waals surface area contributed by atoms with Crippen molar-refractivity contribution in [3.63, 3.8) is 0 Å². The van der Waals surface area contributed by atoms with Crippen molar-refractivity contribution in [1.82, 2.24) is 0 Å². The van der Waals surface area contributed by atoms with Crippen LogP contribution in [0.5, 0.6) is 5.75 Å². The zero-order chi connectivity index (χ0) is 16.0. The number of phenols is 1. The molecule has 3 heteroatoms. The zero-order valence-electron chi connectivity index (χ0n) is 12.7. The monoisotopic (exact) mass is 320 g/mol. The SMILES string of the molecule is CC1C=C(O)C=C2C1=CC(c1ccc(O)cc1)=C2c1ccsc1. The molecule has 1 aromatic carbocycles. The highest BCUT2D eigenvalue weighted by Gasteiger charge is 2.29. The maximum Gasteiger partial charge on any atom is 0.115 e. The Bertz CT molecular complexity index is 878. The number of rotatable bonds is 2. The molecule has 114 valence electrons. The molecule has 2 aromatic rings. The number of fused-ring (bicyclic) bond motifs is 1. The van der Waals surface area contributed by atoms with Gasteiger partial charge in [-0.05, 0) is 80.6 Å². The molecule has 1 aromatic heterocycles. The quantitative estimate of drug-likeness (QED) is 0.786. The molecular weight excluding hydrogens is 304 g/mol. The number of thiophene rings is 1. The fourth-order valence-electron chi connectivity index (χ4n) is 3.26. The number of aliphatic hydroxyl groups excluding tert-OH is 1. The lowest BCUT2D eigenvalue weighted by Gasteiger charge is -2.18. The molecule has 23 heavy (non-hydrogen) atoms. The average molecular weight is 320 g/mol. The van der Waals surface area contributed by atoms with Crippen LogP contribution >= 0.6 is 11.3 Å². The van der Waals surface area contributed by atoms with Gasteiger partial charge in [0.05, 0.1) is 0 Å². The molecule has 0 fully saturated rings. The fourth-order valence-corrected chi connectivity index (χ4v) is 3.90. The summed E-state index contributed by atoms with van der Waals surface area (Å²) in [7, 11) is 0. The first-order chi connectivity index (χ1) is 11.1. The molecule has 0 aliphatic heterocycles. The molecule has 4 rings (SSSR count). The van der Waals surface area contributed by atoms with E-state index in [-0.39, 0.29) is 11.7 Å². The van der Waals surface area contributed by atoms with Gasteiger partial charge in [0.1, 0.15) is 11.5 Å². The maximum absolute atomic E-state index is 10.0. The Labute approximate surface area is 139 Å². The van der Waals surface area contributed by atoms with E-state index in [1.54, 1.807) is 23.5 Å². The third-order valence-corrected chi connectivity index (χ3v) is 5.02. The second kappa shape index (κ2) is 5.28. The van der Waals surface area contributed by atoms with Gasteiger partial charge in [0.2, 0.25) is 0 Å². The number of aromatic hydroxyl groups is 1. The molecule has 1 heterocycles. The summed E-state index contributed by atoms with van der Waals surface area (Å²) >= 11 is 1.67. The average Bonchev–Trinajstić information content (AvgIpc) is 3.14. The summed E-state index contributed by atoms with van der Waals surface area (Å²) < 4.78 is 0. The van der Waals surface area contributed by atoms with Crippen molar-refractivity contribution in [3.8, 4) is 5.75 Å². The first-order valence-corrected chi connectivity index (χ1v) is 8.49. The van der Waals surface area contributed by atoms with Crippen LogP contribution in [0.2, 0.25) is 0 Å². The van der Waals surface area contributed by atoms with Crippen LogP contribution in [0.1, 0.15) is 18.1 Å². The molecule has 0 bridgehead atoms. The van der Waals surface area contributed by atoms with Gasteiger partial charge < -0.3 is 10.2 Å². The minimum atomic E-state index is 0.179. The summed E-state index contributed by atoms with van der Waals surface area (Å²) in [5.41, 5.74) is 6.85. The van der Waals surface area contributed by atoms with Crippen molar-refractivity contribution in [3.05, 3.63) is 87.4 Å². The Morgan fingerprint density at radius 3 is 2.43 bits per heavy atom. The third-order valence-electron chi connectivity index (χ3n) is 4.34. The number of benzene rings is 1. The normalized spacial score (nSPS) is 20.0. The van der Waals surface area contributed by atoms with Gasteiger partial charge in [0, 0.05) is 5.92 Å². The van der Waals surface area contributed by atoms with E-state index in [0.29, 0.717) is 5.76 Å². The standard InChI is InChI=1S/C20H16O2S/c1-12-8-16(22)9-19-17(12)10-18(13-2-4-15(21)5-3-13)20(19)14-6-7-23-11-14/h2-12,21-22H,1H3. The molecule has 1 atom stereocenters. The Morgan fingerprint density at radius 2 is 1.74 bits per heavy atom. The lowest BCUT2D eigenvalue weighted by molar-refractivity contribution is 0.424. The molecule has 0 amide bonds. The van der Waals surface area contributed by atoms with Crippen molar-refractivity contribution in [2.45, 2.75) is 6.92 Å². The van der Waals surface area contributed by atoms with Gasteiger partial charge in [-0.2, -0.15) is 11.3 Å². The van der Waals surface area contributed by atoms with Crippen molar-refractivity contribution in [2.24, 2.45) is 5.92 Å². The van der Waals surface area contributed by atoms with Gasteiger partial charge >= 0.3 is 0 Å². The number of hydrogen-bond acceptors (Lipinski definition) is 3. The van der Waals surface area contributed by atoms with E-state index >= 15 is 0 Å². The van der Waals surface area contributed by atoms with E-state index in [0.717, 1.165) is 27.8 Å². The number of hydrogen-bond donors (Lipinski definition) is 2. The van der Waals surface area contributed by atoms with Crippen LogP contribution in [0.3, 0.4) is 0 Å². The highest BCUT2D eigenvalue weighted by atomic mass is 32.1. The zero-order valence-corrected chi connectivity index (χ0v) is 13.5. The van der Waals surface area contributed by atoms with Gasteiger partial charge in [-0.25, -0.2) is 0 Å². The van der Waals surface area contributed by atoms with Crippen LogP contribution in [0.25, 0.3) is 11.1 Å². The Hall–Kier alpha value is -2.52. The summed E-state index contributed by atoms with van der Waals surface area (Å²) in [5.74, 6) is 0.768. The topological polar surface area (TPSA) is 40.5 Å². The van der Waals surface area contributed by atoms with E-state index in [4.69, 9.17) is 0 Å². The maximum atomic E-state index is 10.0. The van der Waals surface area contributed by atoms with Crippen molar-refractivity contribution in [1.29, 1.82) is 0 Å². The first-order valence-electron chi connectivity index (χ1n) is 7.54. The summed E-state index contributed by atoms with van der Waals surface area (Å²) in [4.78, 5) is 0. The molecule has 0 spiro atoms. The van der Waals surface area contributed by atoms with Crippen LogP contribution in [0, 0.1) is 5.92 Å². The molecule has 2 aliphatic carbocycles. The molecule has 2 aliphatic rings. The minimum Gasteiger partial charge on any atom is -0.508 e. The third kappa shape index (κ3) is 2.34. The van der Waals surface area contributed by atoms with Crippen molar-refractivity contribution < 1.29 is 10.2 Å². The summed E-state index contributed by atoms with van der Waals surface area (Å²) in [6.07, 6.45) is 5.94. The Balaban J connectivity index is 1.95. The highest BCUT2D eigenvalue weighted by Crippen LogP contribution is 2.47. The summed E-state index contributed by atoms with van der Waals surface area (Å²) in [5, 5.41) is 23.8. The molecular formula is C20H16O2S. The molecule has 0 saturated heterocycles. The second-order valence-corrected chi connectivity index (χ2v) is 6.67. The highest BCUT2D eigenvalue weighted by molar-refractivity contribution is 7.08. The van der Waals surface area contributed by atoms with E-state index in [2.05, 4.69) is 29.8 Å². The number of aliphatic hydroxyl groups is 1. The Morgan fingerprint density at radius 1 is 0.957 bits per heavy atom. The fraction of sp³-hybridized carbons (Fsp3) is 0.100. The van der Waals surface area contributed by atoms with E-state index in [1.165, 1.54) is 5.57 Å². The predicted molar refractivity (Wildman–Crippen MR) is 95.3 cm³/mol. The molecule has 1 unspecified atom stereocenters. The van der Waals surface area contributed by atoms with E-state index < -0.39 is 0 Å². The molecule has 0 saturated carbocycles. The lowest BCUT2D eigenvalue weighted by Crippen LogP contribution is -2.04. The molecule has 2 N–H and O–H groups in total. The van der Waals surface area contributed by atoms with Crippen molar-refractivity contribution in [2.75, 3.05) is 0 Å².